The van der Waals surface area contributed by atoms with Crippen LogP contribution in [0.3, 0.4) is 0 Å². The molecule has 0 saturated carbocycles. The summed E-state index contributed by atoms with van der Waals surface area (Å²) in [6.07, 6.45) is 0. The van der Waals surface area contributed by atoms with Crippen LogP contribution < -0.4 is 29.6 Å². The molecule has 82 valence electrons. The van der Waals surface area contributed by atoms with Gasteiger partial charge in [0.15, 0.2) is 3.41 Å². The van der Waals surface area contributed by atoms with Crippen LogP contribution in [0.5, 0.6) is 0 Å². The minimum atomic E-state index is -4.26. The number of hydrogen-bond acceptors (Lipinski definition) is 5. The van der Waals surface area contributed by atoms with Gasteiger partial charge in [0.2, 0.25) is 0 Å². The van der Waals surface area contributed by atoms with Crippen LogP contribution in [0.2, 0.25) is 0 Å². The van der Waals surface area contributed by atoms with Gasteiger partial charge in [-0.3, -0.25) is 0 Å². The van der Waals surface area contributed by atoms with E-state index in [2.05, 4.69) is 0 Å². The Bertz CT molecular complexity index is 456. The van der Waals surface area contributed by atoms with Crippen LogP contribution >= 0.6 is 21.6 Å². The normalized spacial score (nSPS) is 19.6. The second-order valence-corrected chi connectivity index (χ2v) is 8.31. The second-order valence-electron chi connectivity index (χ2n) is 3.36. The number of benzene rings is 1. The van der Waals surface area contributed by atoms with Gasteiger partial charge >= 0.3 is 29.6 Å². The van der Waals surface area contributed by atoms with Gasteiger partial charge in [0, 0.05) is 5.92 Å². The van der Waals surface area contributed by atoms with Crippen molar-refractivity contribution in [1.29, 1.82) is 0 Å². The van der Waals surface area contributed by atoms with Crippen molar-refractivity contribution in [3.8, 4) is 0 Å². The summed E-state index contributed by atoms with van der Waals surface area (Å²) < 4.78 is 32.2. The van der Waals surface area contributed by atoms with E-state index in [1.54, 1.807) is 6.92 Å². The Morgan fingerprint density at radius 1 is 1.25 bits per heavy atom. The van der Waals surface area contributed by atoms with Gasteiger partial charge in [-0.15, -0.1) is 0 Å². The fraction of sp³-hybridized carbons (Fsp3) is 0.333. The molecule has 0 radical (unpaired) electrons. The molecule has 1 aliphatic rings. The van der Waals surface area contributed by atoms with Crippen molar-refractivity contribution >= 4 is 31.7 Å². The van der Waals surface area contributed by atoms with Crippen molar-refractivity contribution in [1.82, 2.24) is 0 Å². The Hall–Kier alpha value is 0.830. The van der Waals surface area contributed by atoms with Crippen molar-refractivity contribution in [3.05, 3.63) is 35.9 Å². The van der Waals surface area contributed by atoms with Crippen molar-refractivity contribution in [2.24, 2.45) is 0 Å². The molecule has 7 heteroatoms. The molecule has 1 unspecified atom stereocenters. The molecular formula is C9H9NaO3S3. The average Bonchev–Trinajstić information content (AvgIpc) is 2.98. The molecule has 1 aromatic rings. The van der Waals surface area contributed by atoms with Crippen LogP contribution in [0.25, 0.3) is 0 Å². The largest absolute Gasteiger partial charge is 1.00 e. The molecule has 0 N–H and O–H groups in total. The number of rotatable bonds is 3. The Balaban J connectivity index is 0.00000128. The van der Waals surface area contributed by atoms with Gasteiger partial charge < -0.3 is 4.55 Å². The second kappa shape index (κ2) is 5.22. The Morgan fingerprint density at radius 3 is 2.12 bits per heavy atom. The third-order valence-corrected chi connectivity index (χ3v) is 8.61. The first-order valence-corrected chi connectivity index (χ1v) is 7.90. The molecule has 1 heterocycles. The third kappa shape index (κ3) is 2.63. The summed E-state index contributed by atoms with van der Waals surface area (Å²) >= 11 is 0. The van der Waals surface area contributed by atoms with Crippen molar-refractivity contribution in [2.75, 3.05) is 0 Å². The minimum absolute atomic E-state index is 0. The van der Waals surface area contributed by atoms with Crippen LogP contribution in [-0.2, 0) is 10.1 Å². The molecule has 2 rings (SSSR count). The van der Waals surface area contributed by atoms with Crippen LogP contribution in [0.15, 0.2) is 30.3 Å². The third-order valence-electron chi connectivity index (χ3n) is 2.43. The van der Waals surface area contributed by atoms with E-state index in [4.69, 9.17) is 0 Å². The van der Waals surface area contributed by atoms with Gasteiger partial charge in [-0.2, -0.15) is 0 Å². The Morgan fingerprint density at radius 2 is 1.75 bits per heavy atom. The van der Waals surface area contributed by atoms with E-state index in [-0.39, 0.29) is 35.5 Å². The molecular weight excluding hydrogens is 275 g/mol. The summed E-state index contributed by atoms with van der Waals surface area (Å²) in [6.45, 7) is 1.78. The first-order chi connectivity index (χ1) is 6.97. The first-order valence-electron chi connectivity index (χ1n) is 4.34. The van der Waals surface area contributed by atoms with E-state index in [0.717, 1.165) is 27.2 Å². The maximum Gasteiger partial charge on any atom is 1.00 e. The summed E-state index contributed by atoms with van der Waals surface area (Å²) in [7, 11) is -1.98. The monoisotopic (exact) mass is 284 g/mol. The van der Waals surface area contributed by atoms with E-state index in [0.29, 0.717) is 0 Å². The summed E-state index contributed by atoms with van der Waals surface area (Å²) in [5, 5.41) is 0. The van der Waals surface area contributed by atoms with Crippen molar-refractivity contribution in [2.45, 2.75) is 16.3 Å². The molecule has 0 aromatic heterocycles. The molecule has 1 aromatic carbocycles. The summed E-state index contributed by atoms with van der Waals surface area (Å²) in [5.41, 5.74) is 0.884. The predicted molar refractivity (Wildman–Crippen MR) is 62.5 cm³/mol. The van der Waals surface area contributed by atoms with Gasteiger partial charge in [-0.25, -0.2) is 8.42 Å². The van der Waals surface area contributed by atoms with Gasteiger partial charge in [0.05, 0.1) is 0 Å². The van der Waals surface area contributed by atoms with E-state index in [1.165, 1.54) is 0 Å². The Kier molecular flexibility index (Phi) is 4.86. The predicted octanol–water partition coefficient (Wildman–Crippen LogP) is -0.612. The van der Waals surface area contributed by atoms with Crippen LogP contribution in [0.4, 0.5) is 0 Å². The van der Waals surface area contributed by atoms with Gasteiger partial charge in [0.1, 0.15) is 10.1 Å². The summed E-state index contributed by atoms with van der Waals surface area (Å²) in [5.74, 6) is -0.281. The molecule has 0 amide bonds. The van der Waals surface area contributed by atoms with Crippen LogP contribution in [0, 0.1) is 0 Å². The molecule has 1 aliphatic heterocycles. The maximum atomic E-state index is 11.1. The topological polar surface area (TPSA) is 57.2 Å². The zero-order valence-electron chi connectivity index (χ0n) is 8.91. The molecule has 0 spiro atoms. The van der Waals surface area contributed by atoms with Crippen molar-refractivity contribution in [3.63, 3.8) is 0 Å². The van der Waals surface area contributed by atoms with Crippen LogP contribution in [0.1, 0.15) is 18.4 Å². The summed E-state index contributed by atoms with van der Waals surface area (Å²) in [6, 6.07) is 9.24. The standard InChI is InChI=1S/C9H10O3S3.Na/c1-7(8-5-3-2-4-6-8)9(13-14-9)15(10,11)12;/h2-7H,1H3,(H,10,11,12);/q;+1/p-1. The van der Waals surface area contributed by atoms with Gasteiger partial charge in [0.25, 0.3) is 0 Å². The smallest absolute Gasteiger partial charge is 0.746 e. The molecule has 1 saturated heterocycles. The quantitative estimate of drug-likeness (QED) is 0.321. The number of hydrogen-bond donors (Lipinski definition) is 0. The zero-order valence-corrected chi connectivity index (χ0v) is 13.4. The average molecular weight is 284 g/mol. The van der Waals surface area contributed by atoms with Crippen molar-refractivity contribution < 1.29 is 42.5 Å². The molecule has 0 aliphatic carbocycles. The summed E-state index contributed by atoms with van der Waals surface area (Å²) in [4.78, 5) is 0. The zero-order chi connectivity index (χ0) is 11.1. The minimum Gasteiger partial charge on any atom is -0.746 e. The van der Waals surface area contributed by atoms with Crippen LogP contribution in [-0.4, -0.2) is 16.4 Å². The van der Waals surface area contributed by atoms with E-state index < -0.39 is 13.5 Å². The molecule has 16 heavy (non-hydrogen) atoms. The van der Waals surface area contributed by atoms with Gasteiger partial charge in [-0.05, 0) is 5.56 Å². The fourth-order valence-corrected chi connectivity index (χ4v) is 6.23. The van der Waals surface area contributed by atoms with E-state index in [1.807, 2.05) is 30.3 Å². The SMILES string of the molecule is CC(c1ccccc1)C1(S(=O)(=O)[O-])SS1.[Na+]. The molecule has 0 bridgehead atoms. The molecule has 1 fully saturated rings. The Labute approximate surface area is 125 Å². The maximum absolute atomic E-state index is 11.1. The molecule has 3 nitrogen and oxygen atoms in total. The van der Waals surface area contributed by atoms with E-state index >= 15 is 0 Å². The molecule has 1 atom stereocenters. The fourth-order valence-electron chi connectivity index (χ4n) is 1.43. The van der Waals surface area contributed by atoms with E-state index in [9.17, 15) is 13.0 Å². The first kappa shape index (κ1) is 14.9. The van der Waals surface area contributed by atoms with Gasteiger partial charge in [-0.1, -0.05) is 58.8 Å².